The largest absolute Gasteiger partial charge is 0.340 e. The number of anilines is 4. The van der Waals surface area contributed by atoms with Crippen LogP contribution in [-0.2, 0) is 0 Å². The van der Waals surface area contributed by atoms with E-state index in [1.54, 1.807) is 18.2 Å². The molecule has 1 aromatic heterocycles. The fraction of sp³-hybridized carbons (Fsp3) is 0.111. The van der Waals surface area contributed by atoms with Gasteiger partial charge < -0.3 is 10.6 Å². The van der Waals surface area contributed by atoms with Gasteiger partial charge in [0.05, 0.1) is 5.69 Å². The quantitative estimate of drug-likeness (QED) is 0.622. The van der Waals surface area contributed by atoms with Gasteiger partial charge >= 0.3 is 0 Å². The van der Waals surface area contributed by atoms with E-state index in [2.05, 4.69) is 36.5 Å². The molecule has 0 aliphatic heterocycles. The minimum atomic E-state index is -0.346. The van der Waals surface area contributed by atoms with Crippen LogP contribution in [0.1, 0.15) is 11.3 Å². The van der Waals surface area contributed by atoms with Crippen molar-refractivity contribution in [2.24, 2.45) is 0 Å². The van der Waals surface area contributed by atoms with Crippen molar-refractivity contribution in [3.05, 3.63) is 70.1 Å². The first-order valence-corrected chi connectivity index (χ1v) is 8.21. The Morgan fingerprint density at radius 3 is 2.46 bits per heavy atom. The Morgan fingerprint density at radius 2 is 1.71 bits per heavy atom. The fourth-order valence-corrected chi connectivity index (χ4v) is 2.75. The number of aryl methyl sites for hydroxylation is 2. The predicted molar refractivity (Wildman–Crippen MR) is 98.6 cm³/mol. The molecule has 0 amide bonds. The summed E-state index contributed by atoms with van der Waals surface area (Å²) in [6.07, 6.45) is 0. The molecule has 3 rings (SSSR count). The summed E-state index contributed by atoms with van der Waals surface area (Å²) in [5, 5.41) is 6.19. The average molecular weight is 387 g/mol. The van der Waals surface area contributed by atoms with E-state index >= 15 is 0 Å². The zero-order valence-corrected chi connectivity index (χ0v) is 14.9. The first-order valence-electron chi connectivity index (χ1n) is 7.42. The van der Waals surface area contributed by atoms with Gasteiger partial charge in [0.15, 0.2) is 0 Å². The molecule has 0 aliphatic rings. The maximum atomic E-state index is 13.8. The zero-order valence-electron chi connectivity index (χ0n) is 13.3. The highest BCUT2D eigenvalue weighted by Crippen LogP contribution is 2.24. The van der Waals surface area contributed by atoms with Crippen LogP contribution in [0.3, 0.4) is 0 Å². The lowest BCUT2D eigenvalue weighted by Gasteiger charge is -2.12. The van der Waals surface area contributed by atoms with Crippen molar-refractivity contribution in [3.8, 4) is 0 Å². The Kier molecular flexibility index (Phi) is 4.76. The smallest absolute Gasteiger partial charge is 0.229 e. The van der Waals surface area contributed by atoms with Gasteiger partial charge in [0.25, 0.3) is 0 Å². The second-order valence-electron chi connectivity index (χ2n) is 5.41. The predicted octanol–water partition coefficient (Wildman–Crippen LogP) is 5.48. The molecule has 0 unspecified atom stereocenters. The highest BCUT2D eigenvalue weighted by molar-refractivity contribution is 9.10. The van der Waals surface area contributed by atoms with Crippen molar-refractivity contribution >= 4 is 39.1 Å². The third-order valence-electron chi connectivity index (χ3n) is 3.43. The topological polar surface area (TPSA) is 49.8 Å². The highest BCUT2D eigenvalue weighted by Gasteiger charge is 2.07. The lowest BCUT2D eigenvalue weighted by Crippen LogP contribution is -2.04. The number of benzene rings is 2. The van der Waals surface area contributed by atoms with E-state index in [0.717, 1.165) is 21.4 Å². The number of hydrogen-bond acceptors (Lipinski definition) is 4. The molecule has 0 bridgehead atoms. The standard InChI is InChI=1S/C18H16BrFN4/c1-11-9-13(19)7-8-15(11)22-17-10-12(2)21-18(24-17)23-16-6-4-3-5-14(16)20/h3-10H,1-2H3,(H2,21,22,23,24). The number of para-hydroxylation sites is 1. The second kappa shape index (κ2) is 6.97. The normalized spacial score (nSPS) is 10.5. The Balaban J connectivity index is 1.87. The molecular weight excluding hydrogens is 371 g/mol. The maximum Gasteiger partial charge on any atom is 0.229 e. The molecule has 0 spiro atoms. The monoisotopic (exact) mass is 386 g/mol. The van der Waals surface area contributed by atoms with E-state index in [0.29, 0.717) is 17.5 Å². The third-order valence-corrected chi connectivity index (χ3v) is 3.92. The first kappa shape index (κ1) is 16.4. The van der Waals surface area contributed by atoms with Crippen LogP contribution >= 0.6 is 15.9 Å². The lowest BCUT2D eigenvalue weighted by atomic mass is 10.2. The van der Waals surface area contributed by atoms with Gasteiger partial charge in [-0.3, -0.25) is 0 Å². The lowest BCUT2D eigenvalue weighted by molar-refractivity contribution is 0.631. The zero-order chi connectivity index (χ0) is 17.1. The van der Waals surface area contributed by atoms with Gasteiger partial charge in [-0.2, -0.15) is 4.98 Å². The van der Waals surface area contributed by atoms with Crippen molar-refractivity contribution in [2.75, 3.05) is 10.6 Å². The van der Waals surface area contributed by atoms with E-state index in [1.807, 2.05) is 38.1 Å². The van der Waals surface area contributed by atoms with Crippen LogP contribution in [0.2, 0.25) is 0 Å². The molecule has 4 nitrogen and oxygen atoms in total. The molecule has 0 radical (unpaired) electrons. The number of aromatic nitrogens is 2. The summed E-state index contributed by atoms with van der Waals surface area (Å²) in [5.41, 5.74) is 3.16. The van der Waals surface area contributed by atoms with Gasteiger partial charge in [-0.1, -0.05) is 28.1 Å². The number of hydrogen-bond donors (Lipinski definition) is 2. The van der Waals surface area contributed by atoms with Crippen LogP contribution < -0.4 is 10.6 Å². The Bertz CT molecular complexity index is 883. The summed E-state index contributed by atoms with van der Waals surface area (Å²) in [4.78, 5) is 8.73. The molecule has 2 aromatic carbocycles. The maximum absolute atomic E-state index is 13.8. The number of nitrogens with one attached hydrogen (secondary N) is 2. The van der Waals surface area contributed by atoms with Gasteiger partial charge in [-0.25, -0.2) is 9.37 Å². The van der Waals surface area contributed by atoms with Gasteiger partial charge in [-0.15, -0.1) is 0 Å². The van der Waals surface area contributed by atoms with Crippen molar-refractivity contribution in [1.82, 2.24) is 9.97 Å². The summed E-state index contributed by atoms with van der Waals surface area (Å²) in [7, 11) is 0. The van der Waals surface area contributed by atoms with E-state index < -0.39 is 0 Å². The molecular formula is C18H16BrFN4. The summed E-state index contributed by atoms with van der Waals surface area (Å²) >= 11 is 3.45. The number of halogens is 2. The summed E-state index contributed by atoms with van der Waals surface area (Å²) in [6, 6.07) is 14.2. The van der Waals surface area contributed by atoms with E-state index in [1.165, 1.54) is 6.07 Å². The molecule has 0 atom stereocenters. The van der Waals surface area contributed by atoms with Crippen LogP contribution in [0.15, 0.2) is 53.0 Å². The fourth-order valence-electron chi connectivity index (χ4n) is 2.28. The van der Waals surface area contributed by atoms with E-state index in [-0.39, 0.29) is 5.82 Å². The average Bonchev–Trinajstić information content (AvgIpc) is 2.52. The van der Waals surface area contributed by atoms with Crippen LogP contribution in [-0.4, -0.2) is 9.97 Å². The minimum absolute atomic E-state index is 0.342. The molecule has 0 aliphatic carbocycles. The van der Waals surface area contributed by atoms with Crippen LogP contribution in [0.25, 0.3) is 0 Å². The van der Waals surface area contributed by atoms with Crippen LogP contribution in [0.5, 0.6) is 0 Å². The van der Waals surface area contributed by atoms with E-state index in [9.17, 15) is 4.39 Å². The molecule has 2 N–H and O–H groups in total. The molecule has 0 saturated carbocycles. The van der Waals surface area contributed by atoms with Crippen molar-refractivity contribution in [3.63, 3.8) is 0 Å². The Morgan fingerprint density at radius 1 is 0.917 bits per heavy atom. The Hall–Kier alpha value is -2.47. The first-order chi connectivity index (χ1) is 11.5. The van der Waals surface area contributed by atoms with E-state index in [4.69, 9.17) is 0 Å². The van der Waals surface area contributed by atoms with Crippen LogP contribution in [0, 0.1) is 19.7 Å². The third kappa shape index (κ3) is 3.89. The van der Waals surface area contributed by atoms with Gasteiger partial charge in [0, 0.05) is 21.9 Å². The van der Waals surface area contributed by atoms with Gasteiger partial charge in [-0.05, 0) is 49.7 Å². The summed E-state index contributed by atoms with van der Waals surface area (Å²) in [6.45, 7) is 3.88. The van der Waals surface area contributed by atoms with Gasteiger partial charge in [0.2, 0.25) is 5.95 Å². The molecule has 0 fully saturated rings. The van der Waals surface area contributed by atoms with Crippen LogP contribution in [0.4, 0.5) is 27.5 Å². The van der Waals surface area contributed by atoms with Crippen molar-refractivity contribution < 1.29 is 4.39 Å². The number of nitrogens with zero attached hydrogens (tertiary/aromatic N) is 2. The SMILES string of the molecule is Cc1cc(Nc2ccc(Br)cc2C)nc(Nc2ccccc2F)n1. The van der Waals surface area contributed by atoms with Crippen molar-refractivity contribution in [1.29, 1.82) is 0 Å². The Labute approximate surface area is 148 Å². The second-order valence-corrected chi connectivity index (χ2v) is 6.32. The molecule has 24 heavy (non-hydrogen) atoms. The highest BCUT2D eigenvalue weighted by atomic mass is 79.9. The summed E-state index contributed by atoms with van der Waals surface area (Å²) < 4.78 is 14.8. The minimum Gasteiger partial charge on any atom is -0.340 e. The summed E-state index contributed by atoms with van der Waals surface area (Å²) in [5.74, 6) is 0.644. The molecule has 6 heteroatoms. The van der Waals surface area contributed by atoms with Crippen molar-refractivity contribution in [2.45, 2.75) is 13.8 Å². The molecule has 122 valence electrons. The molecule has 1 heterocycles. The molecule has 3 aromatic rings. The number of rotatable bonds is 4. The molecule has 0 saturated heterocycles. The van der Waals surface area contributed by atoms with Gasteiger partial charge in [0.1, 0.15) is 11.6 Å².